The van der Waals surface area contributed by atoms with Gasteiger partial charge in [-0.15, -0.1) is 0 Å². The summed E-state index contributed by atoms with van der Waals surface area (Å²) in [5.74, 6) is 2.14. The van der Waals surface area contributed by atoms with Gasteiger partial charge >= 0.3 is 11.9 Å². The number of esters is 2. The second-order valence-corrected chi connectivity index (χ2v) is 15.7. The predicted molar refractivity (Wildman–Crippen MR) is 148 cm³/mol. The van der Waals surface area contributed by atoms with Gasteiger partial charge in [0.05, 0.1) is 12.7 Å². The number of rotatable bonds is 4. The summed E-state index contributed by atoms with van der Waals surface area (Å²) >= 11 is 0. The highest BCUT2D eigenvalue weighted by atomic mass is 16.5. The van der Waals surface area contributed by atoms with Crippen LogP contribution in [-0.4, -0.2) is 35.9 Å². The van der Waals surface area contributed by atoms with E-state index in [1.165, 1.54) is 39.0 Å². The molecule has 0 aromatic rings. The van der Waals surface area contributed by atoms with E-state index in [9.17, 15) is 14.7 Å². The van der Waals surface area contributed by atoms with Crippen LogP contribution in [0, 0.1) is 56.7 Å². The Morgan fingerprint density at radius 1 is 0.816 bits per heavy atom. The molecule has 5 heteroatoms. The van der Waals surface area contributed by atoms with E-state index >= 15 is 0 Å². The van der Waals surface area contributed by atoms with E-state index in [4.69, 9.17) is 9.47 Å². The van der Waals surface area contributed by atoms with Gasteiger partial charge in [0.15, 0.2) is 0 Å². The smallest absolute Gasteiger partial charge is 0.302 e. The summed E-state index contributed by atoms with van der Waals surface area (Å²) in [7, 11) is 0. The minimum absolute atomic E-state index is 0.0104. The fraction of sp³-hybridized carbons (Fsp3) is 0.939. The Morgan fingerprint density at radius 2 is 1.53 bits per heavy atom. The average molecular weight is 531 g/mol. The molecule has 5 nitrogen and oxygen atoms in total. The van der Waals surface area contributed by atoms with Gasteiger partial charge in [-0.1, -0.05) is 34.6 Å². The topological polar surface area (TPSA) is 72.8 Å². The number of hydrogen-bond donors (Lipinski definition) is 1. The van der Waals surface area contributed by atoms with Crippen LogP contribution in [0.1, 0.15) is 120 Å². The third kappa shape index (κ3) is 3.86. The first-order valence-corrected chi connectivity index (χ1v) is 15.6. The van der Waals surface area contributed by atoms with Crippen molar-refractivity contribution in [3.05, 3.63) is 0 Å². The monoisotopic (exact) mass is 530 g/mol. The van der Waals surface area contributed by atoms with Crippen molar-refractivity contribution in [1.82, 2.24) is 0 Å². The molecule has 0 aliphatic heterocycles. The van der Waals surface area contributed by atoms with Gasteiger partial charge in [-0.05, 0) is 117 Å². The zero-order valence-corrected chi connectivity index (χ0v) is 25.4. The Morgan fingerprint density at radius 3 is 2.16 bits per heavy atom. The van der Waals surface area contributed by atoms with Crippen molar-refractivity contribution >= 4 is 11.9 Å². The molecule has 0 spiro atoms. The lowest BCUT2D eigenvalue weighted by Gasteiger charge is -2.73. The van der Waals surface area contributed by atoms with Gasteiger partial charge in [0.25, 0.3) is 0 Å². The van der Waals surface area contributed by atoms with Crippen molar-refractivity contribution in [3.63, 3.8) is 0 Å². The molecule has 0 unspecified atom stereocenters. The third-order valence-corrected chi connectivity index (χ3v) is 14.1. The van der Waals surface area contributed by atoms with Crippen molar-refractivity contribution in [2.45, 2.75) is 132 Å². The van der Waals surface area contributed by atoms with E-state index in [1.807, 2.05) is 6.92 Å². The Labute approximate surface area is 231 Å². The normalized spacial score (nSPS) is 50.0. The number of aliphatic hydroxyl groups is 1. The number of aliphatic hydroxyl groups excluding tert-OH is 1. The van der Waals surface area contributed by atoms with Crippen molar-refractivity contribution < 1.29 is 24.2 Å². The molecule has 38 heavy (non-hydrogen) atoms. The van der Waals surface area contributed by atoms with Crippen LogP contribution in [0.4, 0.5) is 0 Å². The van der Waals surface area contributed by atoms with Crippen LogP contribution >= 0.6 is 0 Å². The van der Waals surface area contributed by atoms with Gasteiger partial charge in [-0.2, -0.15) is 0 Å². The lowest BCUT2D eigenvalue weighted by Crippen LogP contribution is -2.67. The van der Waals surface area contributed by atoms with E-state index in [2.05, 4.69) is 34.6 Å². The summed E-state index contributed by atoms with van der Waals surface area (Å²) in [5, 5.41) is 11.0. The van der Waals surface area contributed by atoms with Crippen molar-refractivity contribution in [2.24, 2.45) is 56.7 Å². The Kier molecular flexibility index (Phi) is 6.89. The molecule has 0 aromatic heterocycles. The fourth-order valence-corrected chi connectivity index (χ4v) is 12.2. The summed E-state index contributed by atoms with van der Waals surface area (Å²) in [5.41, 5.74) is 0.693. The predicted octanol–water partition coefficient (Wildman–Crippen LogP) is 6.94. The SMILES string of the molecule is CC(=O)OC[C@@]12CC[C@H]([C@H](C)O)[C@H]1[C@@H]1CC[C@@H]3[C@]4(C)CC[C@H](OC(C)=O)C(C)(C)[C@@H]4CC[C@]3(C)[C@]1(C)CC2. The van der Waals surface area contributed by atoms with Gasteiger partial charge < -0.3 is 14.6 Å². The van der Waals surface area contributed by atoms with Crippen LogP contribution in [0.15, 0.2) is 0 Å². The number of hydrogen-bond acceptors (Lipinski definition) is 5. The third-order valence-electron chi connectivity index (χ3n) is 14.1. The van der Waals surface area contributed by atoms with Gasteiger partial charge in [0.2, 0.25) is 0 Å². The van der Waals surface area contributed by atoms with Crippen molar-refractivity contribution in [2.75, 3.05) is 6.61 Å². The van der Waals surface area contributed by atoms with E-state index in [0.717, 1.165) is 32.1 Å². The first-order valence-electron chi connectivity index (χ1n) is 15.6. The molecule has 0 bridgehead atoms. The fourth-order valence-electron chi connectivity index (χ4n) is 12.2. The molecule has 0 saturated heterocycles. The van der Waals surface area contributed by atoms with Gasteiger partial charge in [0, 0.05) is 24.7 Å². The number of carbonyl (C=O) groups excluding carboxylic acids is 2. The lowest BCUT2D eigenvalue weighted by molar-refractivity contribution is -0.254. The number of fused-ring (bicyclic) bond motifs is 7. The number of ether oxygens (including phenoxy) is 2. The summed E-state index contributed by atoms with van der Waals surface area (Å²) in [6, 6.07) is 0. The standard InChI is InChI=1S/C33H54O5/c1-20(34)23-11-16-33(19-37-21(2)35)18-17-31(7)24(28(23)33)9-10-26-30(6)14-13-27(38-22(3)36)29(4,5)25(30)12-15-32(26,31)8/h20,23-28,34H,9-19H2,1-8H3/t20-,23+,24-,25-,26+,27-,28-,30+,31+,32-,33-/m0/s1. The van der Waals surface area contributed by atoms with Gasteiger partial charge in [-0.25, -0.2) is 0 Å². The van der Waals surface area contributed by atoms with E-state index in [1.54, 1.807) is 6.92 Å². The highest BCUT2D eigenvalue weighted by molar-refractivity contribution is 5.66. The minimum Gasteiger partial charge on any atom is -0.465 e. The molecular weight excluding hydrogens is 476 g/mol. The second kappa shape index (κ2) is 9.21. The Balaban J connectivity index is 1.49. The zero-order chi connectivity index (χ0) is 27.9. The maximum atomic E-state index is 11.9. The lowest BCUT2D eigenvalue weighted by atomic mass is 9.32. The molecule has 5 fully saturated rings. The molecule has 5 aliphatic carbocycles. The van der Waals surface area contributed by atoms with E-state index in [0.29, 0.717) is 36.2 Å². The van der Waals surface area contributed by atoms with Crippen LogP contribution in [0.3, 0.4) is 0 Å². The van der Waals surface area contributed by atoms with Crippen molar-refractivity contribution in [3.8, 4) is 0 Å². The minimum atomic E-state index is -0.322. The van der Waals surface area contributed by atoms with Crippen LogP contribution in [0.2, 0.25) is 0 Å². The molecule has 216 valence electrons. The van der Waals surface area contributed by atoms with Gasteiger partial charge in [0.1, 0.15) is 6.10 Å². The van der Waals surface area contributed by atoms with E-state index in [-0.39, 0.29) is 51.2 Å². The molecule has 1 N–H and O–H groups in total. The number of carbonyl (C=O) groups is 2. The first-order chi connectivity index (χ1) is 17.6. The summed E-state index contributed by atoms with van der Waals surface area (Å²) in [4.78, 5) is 23.8. The summed E-state index contributed by atoms with van der Waals surface area (Å²) < 4.78 is 11.7. The molecule has 0 radical (unpaired) electrons. The molecule has 0 amide bonds. The molecule has 11 atom stereocenters. The summed E-state index contributed by atoms with van der Waals surface area (Å²) in [6.07, 6.45) is 11.1. The Hall–Kier alpha value is -1.10. The highest BCUT2D eigenvalue weighted by Crippen LogP contribution is 2.77. The van der Waals surface area contributed by atoms with E-state index < -0.39 is 0 Å². The molecule has 5 rings (SSSR count). The largest absolute Gasteiger partial charge is 0.465 e. The van der Waals surface area contributed by atoms with Crippen LogP contribution in [0.5, 0.6) is 0 Å². The highest BCUT2D eigenvalue weighted by Gasteiger charge is 2.71. The zero-order valence-electron chi connectivity index (χ0n) is 25.4. The molecular formula is C33H54O5. The molecule has 0 aromatic carbocycles. The van der Waals surface area contributed by atoms with Crippen LogP contribution in [0.25, 0.3) is 0 Å². The quantitative estimate of drug-likeness (QED) is 0.399. The average Bonchev–Trinajstić information content (AvgIpc) is 3.20. The summed E-state index contributed by atoms with van der Waals surface area (Å²) in [6.45, 7) is 18.1. The van der Waals surface area contributed by atoms with Gasteiger partial charge in [-0.3, -0.25) is 9.59 Å². The Bertz CT molecular complexity index is 957. The maximum absolute atomic E-state index is 11.9. The van der Waals surface area contributed by atoms with Crippen LogP contribution in [-0.2, 0) is 19.1 Å². The first kappa shape index (κ1) is 28.4. The second-order valence-electron chi connectivity index (χ2n) is 15.7. The maximum Gasteiger partial charge on any atom is 0.302 e. The van der Waals surface area contributed by atoms with Crippen molar-refractivity contribution in [1.29, 1.82) is 0 Å². The van der Waals surface area contributed by atoms with Crippen LogP contribution < -0.4 is 0 Å². The molecule has 0 heterocycles. The molecule has 5 aliphatic rings. The molecule has 5 saturated carbocycles.